The van der Waals surface area contributed by atoms with Gasteiger partial charge in [0.2, 0.25) is 0 Å². The summed E-state index contributed by atoms with van der Waals surface area (Å²) in [5.74, 6) is 0.907. The molecule has 2 atom stereocenters. The predicted octanol–water partition coefficient (Wildman–Crippen LogP) is 3.33. The maximum atomic E-state index is 5.87. The lowest BCUT2D eigenvalue weighted by molar-refractivity contribution is 0.232. The van der Waals surface area contributed by atoms with Gasteiger partial charge in [0, 0.05) is 12.1 Å². The van der Waals surface area contributed by atoms with Crippen LogP contribution in [0.15, 0.2) is 22.7 Å². The smallest absolute Gasteiger partial charge is 0.133 e. The number of ether oxygens (including phenoxy) is 1. The van der Waals surface area contributed by atoms with Gasteiger partial charge in [0.25, 0.3) is 0 Å². The highest BCUT2D eigenvalue weighted by atomic mass is 79.9. The van der Waals surface area contributed by atoms with Crippen LogP contribution in [-0.4, -0.2) is 31.1 Å². The number of halogens is 1. The largest absolute Gasteiger partial charge is 0.492 e. The molecule has 4 heteroatoms. The zero-order valence-corrected chi connectivity index (χ0v) is 13.3. The molecular weight excluding hydrogens is 304 g/mol. The van der Waals surface area contributed by atoms with E-state index in [2.05, 4.69) is 27.9 Å². The van der Waals surface area contributed by atoms with Gasteiger partial charge in [0.1, 0.15) is 5.75 Å². The van der Waals surface area contributed by atoms with Crippen LogP contribution in [0.25, 0.3) is 0 Å². The Kier molecular flexibility index (Phi) is 5.25. The summed E-state index contributed by atoms with van der Waals surface area (Å²) in [7, 11) is 2.20. The second-order valence-electron chi connectivity index (χ2n) is 5.39. The van der Waals surface area contributed by atoms with Crippen LogP contribution < -0.4 is 10.5 Å². The van der Waals surface area contributed by atoms with E-state index >= 15 is 0 Å². The molecule has 0 spiro atoms. The molecule has 1 aromatic carbocycles. The highest BCUT2D eigenvalue weighted by Crippen LogP contribution is 2.28. The lowest BCUT2D eigenvalue weighted by Crippen LogP contribution is -2.26. The first-order chi connectivity index (χ1) is 9.08. The van der Waals surface area contributed by atoms with E-state index in [-0.39, 0.29) is 6.04 Å². The van der Waals surface area contributed by atoms with Crippen LogP contribution in [0.2, 0.25) is 0 Å². The molecule has 1 aromatic rings. The SMILES string of the molecule is CC(N)c1ccc(OCCC2CCCN2C)c(Br)c1. The summed E-state index contributed by atoms with van der Waals surface area (Å²) in [6.07, 6.45) is 3.70. The van der Waals surface area contributed by atoms with Crippen LogP contribution >= 0.6 is 15.9 Å². The molecule has 0 saturated carbocycles. The number of rotatable bonds is 5. The fourth-order valence-corrected chi connectivity index (χ4v) is 3.08. The Hall–Kier alpha value is -0.580. The number of benzene rings is 1. The molecule has 1 fully saturated rings. The summed E-state index contributed by atoms with van der Waals surface area (Å²) >= 11 is 3.55. The molecule has 0 aromatic heterocycles. The predicted molar refractivity (Wildman–Crippen MR) is 82.5 cm³/mol. The minimum atomic E-state index is 0.0532. The normalized spacial score (nSPS) is 21.6. The van der Waals surface area contributed by atoms with Gasteiger partial charge in [-0.25, -0.2) is 0 Å². The standard InChI is InChI=1S/C15H23BrN2O/c1-11(17)12-5-6-15(14(16)10-12)19-9-7-13-4-3-8-18(13)2/h5-6,10-11,13H,3-4,7-9,17H2,1-2H3. The van der Waals surface area contributed by atoms with Crippen LogP contribution in [0.5, 0.6) is 5.75 Å². The Bertz CT molecular complexity index is 423. The molecule has 0 bridgehead atoms. The summed E-state index contributed by atoms with van der Waals surface area (Å²) in [6.45, 7) is 3.97. The zero-order valence-electron chi connectivity index (χ0n) is 11.7. The fourth-order valence-electron chi connectivity index (χ4n) is 2.57. The van der Waals surface area contributed by atoms with E-state index in [4.69, 9.17) is 10.5 Å². The number of likely N-dealkylation sites (tertiary alicyclic amines) is 1. The van der Waals surface area contributed by atoms with Crippen molar-refractivity contribution in [1.82, 2.24) is 4.90 Å². The summed E-state index contributed by atoms with van der Waals surface area (Å²) in [5.41, 5.74) is 6.98. The van der Waals surface area contributed by atoms with Gasteiger partial charge in [-0.3, -0.25) is 0 Å². The molecule has 3 nitrogen and oxygen atoms in total. The van der Waals surface area contributed by atoms with Gasteiger partial charge in [-0.15, -0.1) is 0 Å². The fraction of sp³-hybridized carbons (Fsp3) is 0.600. The Labute approximate surface area is 124 Å². The summed E-state index contributed by atoms with van der Waals surface area (Å²) in [5, 5.41) is 0. The van der Waals surface area contributed by atoms with E-state index in [1.807, 2.05) is 25.1 Å². The summed E-state index contributed by atoms with van der Waals surface area (Å²) in [6, 6.07) is 6.81. The first-order valence-electron chi connectivity index (χ1n) is 6.96. The average molecular weight is 327 g/mol. The maximum absolute atomic E-state index is 5.87. The van der Waals surface area contributed by atoms with Crippen molar-refractivity contribution in [3.05, 3.63) is 28.2 Å². The van der Waals surface area contributed by atoms with Crippen molar-refractivity contribution in [3.8, 4) is 5.75 Å². The molecule has 2 rings (SSSR count). The van der Waals surface area contributed by atoms with Gasteiger partial charge in [0.15, 0.2) is 0 Å². The van der Waals surface area contributed by atoms with Crippen LogP contribution in [-0.2, 0) is 0 Å². The number of nitrogens with zero attached hydrogens (tertiary/aromatic N) is 1. The van der Waals surface area contributed by atoms with E-state index in [0.29, 0.717) is 6.04 Å². The second-order valence-corrected chi connectivity index (χ2v) is 6.25. The molecular formula is C15H23BrN2O. The Balaban J connectivity index is 1.86. The van der Waals surface area contributed by atoms with Gasteiger partial charge in [-0.05, 0) is 73.4 Å². The highest BCUT2D eigenvalue weighted by Gasteiger charge is 2.20. The summed E-state index contributed by atoms with van der Waals surface area (Å²) in [4.78, 5) is 2.43. The van der Waals surface area contributed by atoms with Crippen LogP contribution in [0.1, 0.15) is 37.8 Å². The topological polar surface area (TPSA) is 38.5 Å². The van der Waals surface area contributed by atoms with E-state index < -0.39 is 0 Å². The number of hydrogen-bond donors (Lipinski definition) is 1. The second kappa shape index (κ2) is 6.73. The molecule has 2 N–H and O–H groups in total. The first kappa shape index (κ1) is 14.8. The van der Waals surface area contributed by atoms with Crippen LogP contribution in [0, 0.1) is 0 Å². The summed E-state index contributed by atoms with van der Waals surface area (Å²) < 4.78 is 6.86. The van der Waals surface area contributed by atoms with E-state index in [1.54, 1.807) is 0 Å². The lowest BCUT2D eigenvalue weighted by Gasteiger charge is -2.19. The quantitative estimate of drug-likeness (QED) is 0.901. The molecule has 0 aliphatic carbocycles. The average Bonchev–Trinajstić information content (AvgIpc) is 2.77. The Morgan fingerprint density at radius 2 is 2.32 bits per heavy atom. The van der Waals surface area contributed by atoms with Crippen molar-refractivity contribution < 1.29 is 4.74 Å². The van der Waals surface area contributed by atoms with Crippen LogP contribution in [0.3, 0.4) is 0 Å². The highest BCUT2D eigenvalue weighted by molar-refractivity contribution is 9.10. The van der Waals surface area contributed by atoms with Crippen molar-refractivity contribution in [2.45, 2.75) is 38.3 Å². The molecule has 1 saturated heterocycles. The Morgan fingerprint density at radius 1 is 1.53 bits per heavy atom. The molecule has 19 heavy (non-hydrogen) atoms. The van der Waals surface area contributed by atoms with Gasteiger partial charge >= 0.3 is 0 Å². The van der Waals surface area contributed by atoms with Crippen molar-refractivity contribution in [2.24, 2.45) is 5.73 Å². The molecule has 106 valence electrons. The Morgan fingerprint density at radius 3 is 2.89 bits per heavy atom. The third kappa shape index (κ3) is 3.94. The molecule has 1 aliphatic heterocycles. The van der Waals surface area contributed by atoms with Crippen molar-refractivity contribution in [1.29, 1.82) is 0 Å². The van der Waals surface area contributed by atoms with Gasteiger partial charge in [-0.1, -0.05) is 6.07 Å². The third-order valence-electron chi connectivity index (χ3n) is 3.86. The van der Waals surface area contributed by atoms with Crippen LogP contribution in [0.4, 0.5) is 0 Å². The molecule has 0 radical (unpaired) electrons. The van der Waals surface area contributed by atoms with E-state index in [1.165, 1.54) is 19.4 Å². The zero-order chi connectivity index (χ0) is 13.8. The first-order valence-corrected chi connectivity index (χ1v) is 7.75. The minimum absolute atomic E-state index is 0.0532. The lowest BCUT2D eigenvalue weighted by atomic mass is 10.1. The molecule has 1 heterocycles. The van der Waals surface area contributed by atoms with E-state index in [0.717, 1.165) is 28.8 Å². The van der Waals surface area contributed by atoms with Gasteiger partial charge in [0.05, 0.1) is 11.1 Å². The maximum Gasteiger partial charge on any atom is 0.133 e. The van der Waals surface area contributed by atoms with Crippen molar-refractivity contribution in [2.75, 3.05) is 20.2 Å². The van der Waals surface area contributed by atoms with Crippen molar-refractivity contribution in [3.63, 3.8) is 0 Å². The van der Waals surface area contributed by atoms with E-state index in [9.17, 15) is 0 Å². The third-order valence-corrected chi connectivity index (χ3v) is 4.48. The van der Waals surface area contributed by atoms with Gasteiger partial charge in [-0.2, -0.15) is 0 Å². The van der Waals surface area contributed by atoms with Crippen molar-refractivity contribution >= 4 is 15.9 Å². The number of nitrogens with two attached hydrogens (primary N) is 1. The number of hydrogen-bond acceptors (Lipinski definition) is 3. The monoisotopic (exact) mass is 326 g/mol. The van der Waals surface area contributed by atoms with Gasteiger partial charge < -0.3 is 15.4 Å². The molecule has 2 unspecified atom stereocenters. The molecule has 0 amide bonds. The minimum Gasteiger partial charge on any atom is -0.492 e. The molecule has 1 aliphatic rings.